The molecule has 0 unspecified atom stereocenters. The maximum atomic E-state index is 13.6. The summed E-state index contributed by atoms with van der Waals surface area (Å²) in [5.74, 6) is -0.897. The molecule has 1 saturated heterocycles. The quantitative estimate of drug-likeness (QED) is 0.404. The fraction of sp³-hybridized carbons (Fsp3) is 0.241. The molecule has 5 nitrogen and oxygen atoms in total. The van der Waals surface area contributed by atoms with Crippen molar-refractivity contribution in [2.24, 2.45) is 0 Å². The van der Waals surface area contributed by atoms with Crippen molar-refractivity contribution >= 4 is 6.03 Å². The summed E-state index contributed by atoms with van der Waals surface area (Å²) < 4.78 is 28.5. The minimum atomic E-state index is -1.81. The summed E-state index contributed by atoms with van der Waals surface area (Å²) in [4.78, 5) is 15.4. The van der Waals surface area contributed by atoms with Gasteiger partial charge in [-0.15, -0.1) is 0 Å². The Morgan fingerprint density at radius 2 is 1.50 bits per heavy atom. The summed E-state index contributed by atoms with van der Waals surface area (Å²) in [6, 6.07) is 22.3. The molecule has 2 heterocycles. The van der Waals surface area contributed by atoms with Gasteiger partial charge >= 0.3 is 6.03 Å². The van der Waals surface area contributed by atoms with Gasteiger partial charge in [0.1, 0.15) is 17.3 Å². The summed E-state index contributed by atoms with van der Waals surface area (Å²) in [6.07, 6.45) is 5.17. The van der Waals surface area contributed by atoms with Crippen LogP contribution in [0.3, 0.4) is 0 Å². The Morgan fingerprint density at radius 3 is 2.11 bits per heavy atom. The molecule has 3 aromatic carbocycles. The normalized spacial score (nSPS) is 16.2. The molecule has 4 aromatic rings. The molecule has 1 fully saturated rings. The lowest BCUT2D eigenvalue weighted by molar-refractivity contribution is 0.119. The number of nitrogens with zero attached hydrogens (tertiary/aromatic N) is 3. The first-order valence-corrected chi connectivity index (χ1v) is 12.1. The number of hydrogen-bond donors (Lipinski definition) is 1. The van der Waals surface area contributed by atoms with E-state index in [0.29, 0.717) is 17.7 Å². The minimum absolute atomic E-state index is 0.0504. The van der Waals surface area contributed by atoms with Crippen molar-refractivity contribution in [3.05, 3.63) is 125 Å². The van der Waals surface area contributed by atoms with E-state index < -0.39 is 17.2 Å². The van der Waals surface area contributed by atoms with Crippen LogP contribution >= 0.6 is 0 Å². The smallest absolute Gasteiger partial charge is 0.344 e. The first-order valence-electron chi connectivity index (χ1n) is 12.1. The van der Waals surface area contributed by atoms with E-state index >= 15 is 0 Å². The van der Waals surface area contributed by atoms with Gasteiger partial charge in [0, 0.05) is 18.8 Å². The fourth-order valence-corrected chi connectivity index (χ4v) is 4.95. The Morgan fingerprint density at radius 1 is 0.889 bits per heavy atom. The van der Waals surface area contributed by atoms with Gasteiger partial charge in [-0.1, -0.05) is 54.6 Å². The zero-order chi connectivity index (χ0) is 25.1. The van der Waals surface area contributed by atoms with Crippen molar-refractivity contribution in [3.63, 3.8) is 0 Å². The van der Waals surface area contributed by atoms with E-state index in [-0.39, 0.29) is 17.8 Å². The van der Waals surface area contributed by atoms with Gasteiger partial charge in [-0.05, 0) is 72.7 Å². The van der Waals surface area contributed by atoms with Gasteiger partial charge in [0.05, 0.1) is 0 Å². The van der Waals surface area contributed by atoms with E-state index in [1.807, 2.05) is 23.1 Å². The highest BCUT2D eigenvalue weighted by Crippen LogP contribution is 2.36. The first kappa shape index (κ1) is 23.9. The molecule has 1 aliphatic heterocycles. The Hall–Kier alpha value is -3.84. The molecular formula is C29H27F2N3O2. The van der Waals surface area contributed by atoms with E-state index in [1.165, 1.54) is 65.0 Å². The largest absolute Gasteiger partial charge is 0.374 e. The average molecular weight is 488 g/mol. The number of hydrogen-bond acceptors (Lipinski definition) is 3. The molecular weight excluding hydrogens is 460 g/mol. The molecule has 0 radical (unpaired) electrons. The third-order valence-electron chi connectivity index (χ3n) is 6.87. The topological polar surface area (TPSA) is 58.4 Å². The minimum Gasteiger partial charge on any atom is -0.374 e. The fourth-order valence-electron chi connectivity index (χ4n) is 4.95. The number of carbonyl (C=O) groups excluding carboxylic acids is 1. The summed E-state index contributed by atoms with van der Waals surface area (Å²) in [5, 5.41) is 16.4. The number of benzene rings is 3. The highest BCUT2D eigenvalue weighted by molar-refractivity contribution is 5.76. The molecule has 1 atom stereocenters. The lowest BCUT2D eigenvalue weighted by Crippen LogP contribution is -2.47. The van der Waals surface area contributed by atoms with Crippen molar-refractivity contribution in [2.45, 2.75) is 37.3 Å². The molecule has 0 spiro atoms. The van der Waals surface area contributed by atoms with Crippen LogP contribution < -0.4 is 0 Å². The summed E-state index contributed by atoms with van der Waals surface area (Å²) in [5.41, 5.74) is 0.260. The SMILES string of the molecule is O=C(N1CCCC[C@@H]1Cc1ccccc1)n1ccc(C(O)(c2ccc(F)cc2)c2ccc(F)cc2)n1. The Balaban J connectivity index is 1.48. The van der Waals surface area contributed by atoms with Gasteiger partial charge < -0.3 is 10.0 Å². The summed E-state index contributed by atoms with van der Waals surface area (Å²) in [7, 11) is 0. The lowest BCUT2D eigenvalue weighted by atomic mass is 9.83. The molecule has 36 heavy (non-hydrogen) atoms. The maximum Gasteiger partial charge on any atom is 0.344 e. The van der Waals surface area contributed by atoms with Gasteiger partial charge in [0.15, 0.2) is 5.60 Å². The number of halogens is 2. The zero-order valence-electron chi connectivity index (χ0n) is 19.7. The van der Waals surface area contributed by atoms with Crippen molar-refractivity contribution in [2.75, 3.05) is 6.54 Å². The third-order valence-corrected chi connectivity index (χ3v) is 6.87. The maximum absolute atomic E-state index is 13.6. The van der Waals surface area contributed by atoms with E-state index in [2.05, 4.69) is 17.2 Å². The summed E-state index contributed by atoms with van der Waals surface area (Å²) in [6.45, 7) is 0.631. The van der Waals surface area contributed by atoms with Gasteiger partial charge in [-0.25, -0.2) is 13.6 Å². The Bertz CT molecular complexity index is 1280. The second-order valence-corrected chi connectivity index (χ2v) is 9.19. The van der Waals surface area contributed by atoms with Crippen molar-refractivity contribution in [1.29, 1.82) is 0 Å². The zero-order valence-corrected chi connectivity index (χ0v) is 19.7. The molecule has 5 rings (SSSR count). The van der Waals surface area contributed by atoms with E-state index in [1.54, 1.807) is 6.07 Å². The molecule has 1 aromatic heterocycles. The van der Waals surface area contributed by atoms with Crippen LogP contribution in [0.2, 0.25) is 0 Å². The van der Waals surface area contributed by atoms with Gasteiger partial charge in [0.2, 0.25) is 0 Å². The number of piperidine rings is 1. The van der Waals surface area contributed by atoms with E-state index in [0.717, 1.165) is 25.7 Å². The average Bonchev–Trinajstić information content (AvgIpc) is 3.41. The highest BCUT2D eigenvalue weighted by atomic mass is 19.1. The van der Waals surface area contributed by atoms with Crippen LogP contribution in [0.15, 0.2) is 91.1 Å². The van der Waals surface area contributed by atoms with Crippen LogP contribution in [0.25, 0.3) is 0 Å². The van der Waals surface area contributed by atoms with Gasteiger partial charge in [0.25, 0.3) is 0 Å². The van der Waals surface area contributed by atoms with Gasteiger partial charge in [-0.3, -0.25) is 0 Å². The molecule has 1 amide bonds. The number of rotatable bonds is 5. The molecule has 0 aliphatic carbocycles. The predicted molar refractivity (Wildman–Crippen MR) is 132 cm³/mol. The standard InChI is InChI=1S/C29H27F2N3O2/c30-24-13-9-22(10-14-24)29(36,23-11-15-25(31)16-12-23)27-17-19-34(32-27)28(35)33-18-5-4-8-26(33)20-21-6-2-1-3-7-21/h1-3,6-7,9-17,19,26,36H,4-5,8,18,20H2/t26-/m1/s1. The van der Waals surface area contributed by atoms with Crippen LogP contribution in [0, 0.1) is 11.6 Å². The molecule has 0 bridgehead atoms. The summed E-state index contributed by atoms with van der Waals surface area (Å²) >= 11 is 0. The Labute approximate surface area is 208 Å². The molecule has 0 saturated carbocycles. The number of carbonyl (C=O) groups is 1. The third kappa shape index (κ3) is 4.66. The monoisotopic (exact) mass is 487 g/mol. The van der Waals surface area contributed by atoms with Crippen LogP contribution in [0.1, 0.15) is 41.6 Å². The van der Waals surface area contributed by atoms with E-state index in [9.17, 15) is 18.7 Å². The van der Waals surface area contributed by atoms with Gasteiger partial charge in [-0.2, -0.15) is 9.78 Å². The number of aliphatic hydroxyl groups is 1. The molecule has 7 heteroatoms. The van der Waals surface area contributed by atoms with Crippen LogP contribution in [-0.2, 0) is 12.0 Å². The predicted octanol–water partition coefficient (Wildman–Crippen LogP) is 5.51. The van der Waals surface area contributed by atoms with Crippen molar-refractivity contribution < 1.29 is 18.7 Å². The Kier molecular flexibility index (Phi) is 6.65. The molecule has 184 valence electrons. The second kappa shape index (κ2) is 10.0. The van der Waals surface area contributed by atoms with Crippen molar-refractivity contribution in [3.8, 4) is 0 Å². The van der Waals surface area contributed by atoms with Crippen LogP contribution in [0.4, 0.5) is 13.6 Å². The molecule has 1 aliphatic rings. The van der Waals surface area contributed by atoms with Crippen LogP contribution in [-0.4, -0.2) is 38.4 Å². The lowest BCUT2D eigenvalue weighted by Gasteiger charge is -2.35. The van der Waals surface area contributed by atoms with Crippen molar-refractivity contribution in [1.82, 2.24) is 14.7 Å². The number of aromatic nitrogens is 2. The molecule has 1 N–H and O–H groups in total. The second-order valence-electron chi connectivity index (χ2n) is 9.19. The number of likely N-dealkylation sites (tertiary alicyclic amines) is 1. The highest BCUT2D eigenvalue weighted by Gasteiger charge is 2.37. The van der Waals surface area contributed by atoms with E-state index in [4.69, 9.17) is 0 Å². The first-order chi connectivity index (χ1) is 17.4. The van der Waals surface area contributed by atoms with Crippen LogP contribution in [0.5, 0.6) is 0 Å². The number of amides is 1.